The monoisotopic (exact) mass is 468 g/mol. The normalized spacial score (nSPS) is 9.25. The molecule has 0 saturated carbocycles. The maximum atomic E-state index is 3.33. The number of hydrogen-bond acceptors (Lipinski definition) is 0. The van der Waals surface area contributed by atoms with Crippen LogP contribution < -0.4 is 0 Å². The summed E-state index contributed by atoms with van der Waals surface area (Å²) in [7, 11) is 0. The van der Waals surface area contributed by atoms with Crippen LogP contribution in [0.15, 0.2) is 66.4 Å². The van der Waals surface area contributed by atoms with Crippen LogP contribution in [0.2, 0.25) is 0 Å². The average molecular weight is 472 g/mol. The van der Waals surface area contributed by atoms with E-state index < -0.39 is 0 Å². The van der Waals surface area contributed by atoms with Gasteiger partial charge in [-0.15, -0.1) is 0 Å². The van der Waals surface area contributed by atoms with Gasteiger partial charge in [0.2, 0.25) is 0 Å². The van der Waals surface area contributed by atoms with Crippen LogP contribution in [-0.4, -0.2) is 0 Å². The van der Waals surface area contributed by atoms with Crippen molar-refractivity contribution in [1.29, 1.82) is 0 Å². The van der Waals surface area contributed by atoms with Gasteiger partial charge in [0.25, 0.3) is 0 Å². The fourth-order valence-electron chi connectivity index (χ4n) is 0.889. The molecule has 4 heteroatoms. The Hall–Kier alpha value is 0.360. The molecule has 0 radical (unpaired) electrons. The third kappa shape index (κ3) is 6.18. The van der Waals surface area contributed by atoms with Gasteiger partial charge in [-0.25, -0.2) is 0 Å². The molecule has 0 aromatic heterocycles. The molecule has 0 atom stereocenters. The van der Waals surface area contributed by atoms with Crippen molar-refractivity contribution in [3.05, 3.63) is 66.4 Å². The SMILES string of the molecule is Brc1ccc(Br)cc1.Brc1cccc(Br)c1. The Balaban J connectivity index is 0.000000160. The molecule has 0 fully saturated rings. The maximum absolute atomic E-state index is 3.33. The summed E-state index contributed by atoms with van der Waals surface area (Å²) in [5.41, 5.74) is 0. The van der Waals surface area contributed by atoms with E-state index in [0.29, 0.717) is 0 Å². The Morgan fingerprint density at radius 2 is 0.875 bits per heavy atom. The van der Waals surface area contributed by atoms with Crippen molar-refractivity contribution < 1.29 is 0 Å². The van der Waals surface area contributed by atoms with Crippen LogP contribution in [-0.2, 0) is 0 Å². The Kier molecular flexibility index (Phi) is 6.89. The number of benzene rings is 2. The second kappa shape index (κ2) is 7.64. The van der Waals surface area contributed by atoms with Crippen molar-refractivity contribution in [3.63, 3.8) is 0 Å². The van der Waals surface area contributed by atoms with Crippen LogP contribution >= 0.6 is 63.7 Å². The first kappa shape index (κ1) is 14.4. The molecule has 16 heavy (non-hydrogen) atoms. The third-order valence-corrected chi connectivity index (χ3v) is 3.63. The van der Waals surface area contributed by atoms with Crippen LogP contribution in [0.4, 0.5) is 0 Å². The molecule has 0 aliphatic heterocycles. The van der Waals surface area contributed by atoms with Gasteiger partial charge in [0.05, 0.1) is 0 Å². The predicted molar refractivity (Wildman–Crippen MR) is 83.7 cm³/mol. The second-order valence-corrected chi connectivity index (χ2v) is 6.54. The van der Waals surface area contributed by atoms with Crippen LogP contribution in [0.25, 0.3) is 0 Å². The molecule has 0 heterocycles. The summed E-state index contributed by atoms with van der Waals surface area (Å²) < 4.78 is 4.43. The van der Waals surface area contributed by atoms with Crippen LogP contribution in [0.3, 0.4) is 0 Å². The van der Waals surface area contributed by atoms with E-state index in [4.69, 9.17) is 0 Å². The quantitative estimate of drug-likeness (QED) is 0.416. The zero-order valence-corrected chi connectivity index (χ0v) is 14.5. The molecule has 0 bridgehead atoms. The molecule has 2 aromatic carbocycles. The first-order valence-electron chi connectivity index (χ1n) is 4.40. The van der Waals surface area contributed by atoms with Gasteiger partial charge in [-0.3, -0.25) is 0 Å². The highest BCUT2D eigenvalue weighted by Gasteiger charge is 1.84. The standard InChI is InChI=1S/2C6H4Br2/c7-5-1-2-6(8)4-3-5;7-5-2-1-3-6(8)4-5/h2*1-4H. The minimum Gasteiger partial charge on any atom is -0.0600 e. The maximum Gasteiger partial charge on any atom is 0.0186 e. The number of halogens is 4. The van der Waals surface area contributed by atoms with Gasteiger partial charge < -0.3 is 0 Å². The lowest BCUT2D eigenvalue weighted by molar-refractivity contribution is 1.60. The van der Waals surface area contributed by atoms with E-state index in [0.717, 1.165) is 17.9 Å². The summed E-state index contributed by atoms with van der Waals surface area (Å²) in [6, 6.07) is 15.9. The van der Waals surface area contributed by atoms with Gasteiger partial charge in [0.15, 0.2) is 0 Å². The minimum atomic E-state index is 1.10. The predicted octanol–water partition coefficient (Wildman–Crippen LogP) is 6.42. The summed E-state index contributed by atoms with van der Waals surface area (Å²) in [6.45, 7) is 0. The molecule has 84 valence electrons. The summed E-state index contributed by atoms with van der Waals surface area (Å²) >= 11 is 13.3. The van der Waals surface area contributed by atoms with Gasteiger partial charge in [0, 0.05) is 17.9 Å². The van der Waals surface area contributed by atoms with Crippen molar-refractivity contribution in [2.45, 2.75) is 0 Å². The first-order chi connectivity index (χ1) is 7.58. The fourth-order valence-corrected chi connectivity index (χ4v) is 2.52. The zero-order valence-electron chi connectivity index (χ0n) is 8.13. The van der Waals surface area contributed by atoms with E-state index in [-0.39, 0.29) is 0 Å². The minimum absolute atomic E-state index is 1.10. The molecule has 0 spiro atoms. The summed E-state index contributed by atoms with van der Waals surface area (Å²) in [5.74, 6) is 0. The Morgan fingerprint density at radius 1 is 0.500 bits per heavy atom. The highest BCUT2D eigenvalue weighted by atomic mass is 79.9. The van der Waals surface area contributed by atoms with Crippen LogP contribution in [0, 0.1) is 0 Å². The Bertz CT molecular complexity index is 399. The molecule has 0 aliphatic rings. The number of hydrogen-bond donors (Lipinski definition) is 0. The smallest absolute Gasteiger partial charge is 0.0186 e. The average Bonchev–Trinajstić information content (AvgIpc) is 2.23. The lowest BCUT2D eigenvalue weighted by Gasteiger charge is -1.87. The molecule has 2 aromatic rings. The molecule has 0 N–H and O–H groups in total. The zero-order chi connectivity index (χ0) is 12.0. The lowest BCUT2D eigenvalue weighted by Crippen LogP contribution is -1.61. The second-order valence-electron chi connectivity index (χ2n) is 2.88. The Morgan fingerprint density at radius 3 is 1.12 bits per heavy atom. The van der Waals surface area contributed by atoms with E-state index >= 15 is 0 Å². The van der Waals surface area contributed by atoms with E-state index in [1.165, 1.54) is 0 Å². The summed E-state index contributed by atoms with van der Waals surface area (Å²) in [6.07, 6.45) is 0. The topological polar surface area (TPSA) is 0 Å². The van der Waals surface area contributed by atoms with Gasteiger partial charge in [-0.05, 0) is 42.5 Å². The molecule has 0 aliphatic carbocycles. The molecular formula is C12H8Br4. The number of rotatable bonds is 0. The van der Waals surface area contributed by atoms with Crippen molar-refractivity contribution in [2.24, 2.45) is 0 Å². The highest BCUT2D eigenvalue weighted by Crippen LogP contribution is 2.15. The van der Waals surface area contributed by atoms with E-state index in [1.54, 1.807) is 0 Å². The molecule has 2 rings (SSSR count). The van der Waals surface area contributed by atoms with E-state index in [2.05, 4.69) is 63.7 Å². The van der Waals surface area contributed by atoms with Crippen molar-refractivity contribution in [1.82, 2.24) is 0 Å². The molecule has 0 unspecified atom stereocenters. The third-order valence-electron chi connectivity index (χ3n) is 1.59. The van der Waals surface area contributed by atoms with E-state index in [1.807, 2.05) is 48.5 Å². The largest absolute Gasteiger partial charge is 0.0600 e. The van der Waals surface area contributed by atoms with E-state index in [9.17, 15) is 0 Å². The summed E-state index contributed by atoms with van der Waals surface area (Å²) in [4.78, 5) is 0. The highest BCUT2D eigenvalue weighted by molar-refractivity contribution is 9.11. The lowest BCUT2D eigenvalue weighted by atomic mass is 10.4. The van der Waals surface area contributed by atoms with Gasteiger partial charge in [-0.1, -0.05) is 69.8 Å². The van der Waals surface area contributed by atoms with Crippen molar-refractivity contribution in [2.75, 3.05) is 0 Å². The van der Waals surface area contributed by atoms with Gasteiger partial charge in [-0.2, -0.15) is 0 Å². The van der Waals surface area contributed by atoms with Crippen molar-refractivity contribution >= 4 is 63.7 Å². The molecule has 0 nitrogen and oxygen atoms in total. The summed E-state index contributed by atoms with van der Waals surface area (Å²) in [5, 5.41) is 0. The molecular weight excluding hydrogens is 464 g/mol. The van der Waals surface area contributed by atoms with Gasteiger partial charge in [0.1, 0.15) is 0 Å². The fraction of sp³-hybridized carbons (Fsp3) is 0. The Labute approximate surface area is 129 Å². The molecule has 0 amide bonds. The van der Waals surface area contributed by atoms with Crippen molar-refractivity contribution in [3.8, 4) is 0 Å². The van der Waals surface area contributed by atoms with Crippen LogP contribution in [0.1, 0.15) is 0 Å². The molecule has 0 saturated heterocycles. The first-order valence-corrected chi connectivity index (χ1v) is 7.57. The van der Waals surface area contributed by atoms with Crippen LogP contribution in [0.5, 0.6) is 0 Å². The van der Waals surface area contributed by atoms with Gasteiger partial charge >= 0.3 is 0 Å².